The van der Waals surface area contributed by atoms with Gasteiger partial charge < -0.3 is 9.15 Å². The summed E-state index contributed by atoms with van der Waals surface area (Å²) in [7, 11) is 1.61. The molecule has 0 aliphatic heterocycles. The van der Waals surface area contributed by atoms with Gasteiger partial charge in [-0.2, -0.15) is 0 Å². The van der Waals surface area contributed by atoms with Gasteiger partial charge in [0.25, 0.3) is 0 Å². The minimum absolute atomic E-state index is 0.00654. The van der Waals surface area contributed by atoms with Crippen molar-refractivity contribution in [3.63, 3.8) is 0 Å². The second-order valence-corrected chi connectivity index (χ2v) is 5.01. The van der Waals surface area contributed by atoms with Gasteiger partial charge in [0.1, 0.15) is 11.3 Å². The third-order valence-corrected chi connectivity index (χ3v) is 3.14. The molecule has 0 radical (unpaired) electrons. The normalized spacial score (nSPS) is 11.1. The van der Waals surface area contributed by atoms with Crippen LogP contribution < -0.4 is 4.74 Å². The maximum Gasteiger partial charge on any atom is 0.200 e. The van der Waals surface area contributed by atoms with Crippen LogP contribution in [0.25, 0.3) is 11.0 Å². The van der Waals surface area contributed by atoms with E-state index in [9.17, 15) is 4.79 Å². The monoisotopic (exact) mass is 296 g/mol. The fourth-order valence-corrected chi connectivity index (χ4v) is 2.14. The van der Waals surface area contributed by atoms with Crippen LogP contribution in [-0.4, -0.2) is 12.9 Å². The van der Waals surface area contributed by atoms with E-state index in [-0.39, 0.29) is 11.7 Å². The topological polar surface area (TPSA) is 39.4 Å². The molecule has 0 bridgehead atoms. The molecule has 17 heavy (non-hydrogen) atoms. The summed E-state index contributed by atoms with van der Waals surface area (Å²) in [6.45, 7) is 3.70. The predicted octanol–water partition coefficient (Wildman–Crippen LogP) is 4.04. The molecule has 4 heteroatoms. The smallest absolute Gasteiger partial charge is 0.200 e. The average Bonchev–Trinajstić information content (AvgIpc) is 2.71. The summed E-state index contributed by atoms with van der Waals surface area (Å²) in [5.41, 5.74) is 0.676. The second kappa shape index (κ2) is 4.53. The number of furan rings is 1. The van der Waals surface area contributed by atoms with Crippen molar-refractivity contribution in [3.05, 3.63) is 28.4 Å². The van der Waals surface area contributed by atoms with E-state index in [2.05, 4.69) is 15.9 Å². The van der Waals surface area contributed by atoms with Crippen LogP contribution in [0.15, 0.2) is 27.1 Å². The number of ether oxygens (including phenoxy) is 1. The van der Waals surface area contributed by atoms with Crippen molar-refractivity contribution in [2.24, 2.45) is 5.92 Å². The van der Waals surface area contributed by atoms with Crippen LogP contribution in [0.4, 0.5) is 0 Å². The Morgan fingerprint density at radius 1 is 1.35 bits per heavy atom. The van der Waals surface area contributed by atoms with Gasteiger partial charge in [-0.05, 0) is 34.1 Å². The minimum Gasteiger partial charge on any atom is -0.497 e. The molecule has 0 saturated heterocycles. The quantitative estimate of drug-likeness (QED) is 0.803. The number of benzene rings is 1. The van der Waals surface area contributed by atoms with Crippen LogP contribution in [0.1, 0.15) is 24.4 Å². The molecule has 0 amide bonds. The molecular formula is C13H13BrO3. The van der Waals surface area contributed by atoms with E-state index in [1.807, 2.05) is 26.0 Å². The van der Waals surface area contributed by atoms with Crippen molar-refractivity contribution in [1.82, 2.24) is 0 Å². The zero-order valence-electron chi connectivity index (χ0n) is 9.91. The fourth-order valence-electron chi connectivity index (χ4n) is 1.61. The number of carbonyl (C=O) groups excluding carboxylic acids is 1. The number of methoxy groups -OCH3 is 1. The van der Waals surface area contributed by atoms with E-state index in [1.165, 1.54) is 0 Å². The highest BCUT2D eigenvalue weighted by molar-refractivity contribution is 9.10. The first-order valence-corrected chi connectivity index (χ1v) is 6.13. The Morgan fingerprint density at radius 2 is 2.06 bits per heavy atom. The van der Waals surface area contributed by atoms with Gasteiger partial charge in [0.2, 0.25) is 5.78 Å². The van der Waals surface area contributed by atoms with Crippen LogP contribution in [0.3, 0.4) is 0 Å². The molecule has 2 aromatic rings. The minimum atomic E-state index is -0.0729. The number of fused-ring (bicyclic) bond motifs is 1. The fraction of sp³-hybridized carbons (Fsp3) is 0.308. The lowest BCUT2D eigenvalue weighted by molar-refractivity contribution is 0.0913. The third-order valence-electron chi connectivity index (χ3n) is 2.55. The number of Topliss-reactive ketones (excluding diaryl/α,β-unsaturated/α-hetero) is 1. The summed E-state index contributed by atoms with van der Waals surface area (Å²) in [5.74, 6) is 1.06. The molecule has 0 unspecified atom stereocenters. The highest BCUT2D eigenvalue weighted by atomic mass is 79.9. The Hall–Kier alpha value is -1.29. The Balaban J connectivity index is 2.57. The van der Waals surface area contributed by atoms with Gasteiger partial charge in [0.15, 0.2) is 5.76 Å². The van der Waals surface area contributed by atoms with E-state index in [0.717, 1.165) is 15.6 Å². The predicted molar refractivity (Wildman–Crippen MR) is 69.6 cm³/mol. The molecule has 1 heterocycles. The van der Waals surface area contributed by atoms with Gasteiger partial charge >= 0.3 is 0 Å². The van der Waals surface area contributed by atoms with E-state index in [1.54, 1.807) is 13.2 Å². The summed E-state index contributed by atoms with van der Waals surface area (Å²) in [5, 5.41) is 0.861. The second-order valence-electron chi connectivity index (χ2n) is 4.16. The highest BCUT2D eigenvalue weighted by Gasteiger charge is 2.17. The molecule has 0 aliphatic carbocycles. The SMILES string of the molecule is COc1cc(Br)c2oc(C(=O)C(C)C)cc2c1. The van der Waals surface area contributed by atoms with Crippen molar-refractivity contribution in [1.29, 1.82) is 0 Å². The van der Waals surface area contributed by atoms with Gasteiger partial charge in [-0.25, -0.2) is 0 Å². The van der Waals surface area contributed by atoms with E-state index < -0.39 is 0 Å². The molecule has 2 rings (SSSR count). The van der Waals surface area contributed by atoms with Crippen LogP contribution in [0.5, 0.6) is 5.75 Å². The lowest BCUT2D eigenvalue weighted by Crippen LogP contribution is -2.05. The number of hydrogen-bond donors (Lipinski definition) is 0. The molecule has 1 aromatic carbocycles. The molecule has 0 atom stereocenters. The molecule has 0 fully saturated rings. The summed E-state index contributed by atoms with van der Waals surface area (Å²) in [4.78, 5) is 11.8. The largest absolute Gasteiger partial charge is 0.497 e. The van der Waals surface area contributed by atoms with Gasteiger partial charge in [-0.15, -0.1) is 0 Å². The zero-order chi connectivity index (χ0) is 12.6. The lowest BCUT2D eigenvalue weighted by atomic mass is 10.1. The molecule has 1 aromatic heterocycles. The van der Waals surface area contributed by atoms with Gasteiger partial charge in [0.05, 0.1) is 11.6 Å². The zero-order valence-corrected chi connectivity index (χ0v) is 11.5. The Bertz CT molecular complexity index is 569. The van der Waals surface area contributed by atoms with Crippen LogP contribution in [-0.2, 0) is 0 Å². The summed E-state index contributed by atoms with van der Waals surface area (Å²) in [6, 6.07) is 5.42. The first-order chi connectivity index (χ1) is 8.02. The molecule has 0 spiro atoms. The first-order valence-electron chi connectivity index (χ1n) is 5.34. The average molecular weight is 297 g/mol. The Labute approximate surface area is 108 Å². The summed E-state index contributed by atoms with van der Waals surface area (Å²) in [6.07, 6.45) is 0. The van der Waals surface area contributed by atoms with Crippen molar-refractivity contribution >= 4 is 32.7 Å². The number of carbonyl (C=O) groups is 1. The van der Waals surface area contributed by atoms with E-state index >= 15 is 0 Å². The Morgan fingerprint density at radius 3 is 2.65 bits per heavy atom. The molecule has 0 N–H and O–H groups in total. The summed E-state index contributed by atoms with van der Waals surface area (Å²) < 4.78 is 11.5. The lowest BCUT2D eigenvalue weighted by Gasteiger charge is -2.00. The van der Waals surface area contributed by atoms with Crippen LogP contribution in [0, 0.1) is 5.92 Å². The number of halogens is 1. The van der Waals surface area contributed by atoms with Crippen molar-refractivity contribution < 1.29 is 13.9 Å². The number of rotatable bonds is 3. The third kappa shape index (κ3) is 2.22. The van der Waals surface area contributed by atoms with E-state index in [0.29, 0.717) is 11.3 Å². The number of hydrogen-bond acceptors (Lipinski definition) is 3. The van der Waals surface area contributed by atoms with Crippen molar-refractivity contribution in [3.8, 4) is 5.75 Å². The molecule has 0 saturated carbocycles. The van der Waals surface area contributed by atoms with Crippen LogP contribution >= 0.6 is 15.9 Å². The first kappa shape index (κ1) is 12.2. The van der Waals surface area contributed by atoms with Gasteiger partial charge in [-0.3, -0.25) is 4.79 Å². The molecule has 0 aliphatic rings. The standard InChI is InChI=1S/C13H13BrO3/c1-7(2)12(15)11-5-8-4-9(16-3)6-10(14)13(8)17-11/h4-7H,1-3H3. The van der Waals surface area contributed by atoms with Crippen molar-refractivity contribution in [2.75, 3.05) is 7.11 Å². The Kier molecular flexibility index (Phi) is 3.24. The molecule has 90 valence electrons. The van der Waals surface area contributed by atoms with Crippen molar-refractivity contribution in [2.45, 2.75) is 13.8 Å². The molecule has 3 nitrogen and oxygen atoms in total. The number of ketones is 1. The van der Waals surface area contributed by atoms with Gasteiger partial charge in [0, 0.05) is 11.3 Å². The highest BCUT2D eigenvalue weighted by Crippen LogP contribution is 2.32. The molecular weight excluding hydrogens is 284 g/mol. The van der Waals surface area contributed by atoms with Crippen LogP contribution in [0.2, 0.25) is 0 Å². The maximum atomic E-state index is 11.8. The summed E-state index contributed by atoms with van der Waals surface area (Å²) >= 11 is 3.40. The maximum absolute atomic E-state index is 11.8. The van der Waals surface area contributed by atoms with E-state index in [4.69, 9.17) is 9.15 Å². The van der Waals surface area contributed by atoms with Gasteiger partial charge in [-0.1, -0.05) is 13.8 Å².